The highest BCUT2D eigenvalue weighted by Crippen LogP contribution is 2.44. The Morgan fingerprint density at radius 2 is 1.92 bits per heavy atom. The SMILES string of the molecule is COc1cc(N2CCC3(CCN(C(=O)c4c[nH]c5ccc(C#N)cc45)CC3)C2=O)ccc1/C(C=N)=C/N. The molecule has 188 valence electrons. The van der Waals surface area contributed by atoms with Crippen LogP contribution in [0, 0.1) is 22.2 Å². The number of nitriles is 1. The number of ether oxygens (including phenoxy) is 1. The third-order valence-corrected chi connectivity index (χ3v) is 7.70. The Morgan fingerprint density at radius 3 is 2.59 bits per heavy atom. The summed E-state index contributed by atoms with van der Waals surface area (Å²) in [6, 6.07) is 12.9. The number of rotatable bonds is 5. The molecule has 0 saturated carbocycles. The molecule has 2 aliphatic rings. The number of fused-ring (bicyclic) bond motifs is 1. The van der Waals surface area contributed by atoms with E-state index < -0.39 is 5.41 Å². The summed E-state index contributed by atoms with van der Waals surface area (Å²) in [5, 5.41) is 17.5. The largest absolute Gasteiger partial charge is 0.496 e. The molecule has 2 aliphatic heterocycles. The fourth-order valence-electron chi connectivity index (χ4n) is 5.51. The van der Waals surface area contributed by atoms with Crippen molar-refractivity contribution >= 4 is 40.2 Å². The van der Waals surface area contributed by atoms with Gasteiger partial charge in [-0.2, -0.15) is 5.26 Å². The molecule has 2 fully saturated rings. The van der Waals surface area contributed by atoms with Crippen molar-refractivity contribution in [3.8, 4) is 11.8 Å². The first-order chi connectivity index (χ1) is 17.9. The molecule has 2 amide bonds. The maximum Gasteiger partial charge on any atom is 0.256 e. The van der Waals surface area contributed by atoms with E-state index in [0.29, 0.717) is 60.5 Å². The number of likely N-dealkylation sites (tertiary alicyclic amines) is 1. The van der Waals surface area contributed by atoms with Crippen LogP contribution in [0.4, 0.5) is 5.69 Å². The second-order valence-electron chi connectivity index (χ2n) is 9.50. The number of nitrogens with two attached hydrogens (primary N) is 1. The number of anilines is 1. The van der Waals surface area contributed by atoms with Gasteiger partial charge < -0.3 is 30.7 Å². The number of aromatic amines is 1. The maximum atomic E-state index is 13.6. The first-order valence-corrected chi connectivity index (χ1v) is 12.2. The number of nitrogens with one attached hydrogen (secondary N) is 2. The number of hydrogen-bond donors (Lipinski definition) is 3. The van der Waals surface area contributed by atoms with Crippen LogP contribution in [0.25, 0.3) is 16.5 Å². The Hall–Kier alpha value is -4.58. The Bertz CT molecular complexity index is 1470. The number of hydrogen-bond acceptors (Lipinski definition) is 6. The van der Waals surface area contributed by atoms with Crippen LogP contribution >= 0.6 is 0 Å². The lowest BCUT2D eigenvalue weighted by Crippen LogP contribution is -2.46. The molecule has 1 spiro atoms. The lowest BCUT2D eigenvalue weighted by molar-refractivity contribution is -0.127. The lowest BCUT2D eigenvalue weighted by atomic mass is 9.77. The average Bonchev–Trinajstić information content (AvgIpc) is 3.50. The molecular formula is C28H28N6O3. The molecule has 4 N–H and O–H groups in total. The number of carbonyl (C=O) groups excluding carboxylic acids is 2. The minimum absolute atomic E-state index is 0.0711. The van der Waals surface area contributed by atoms with Crippen LogP contribution in [-0.4, -0.2) is 54.7 Å². The third kappa shape index (κ3) is 4.00. The highest BCUT2D eigenvalue weighted by atomic mass is 16.5. The van der Waals surface area contributed by atoms with E-state index >= 15 is 0 Å². The molecule has 5 rings (SSSR count). The molecule has 3 aromatic rings. The van der Waals surface area contributed by atoms with Gasteiger partial charge in [0.25, 0.3) is 5.91 Å². The molecule has 37 heavy (non-hydrogen) atoms. The van der Waals surface area contributed by atoms with Gasteiger partial charge in [-0.1, -0.05) is 0 Å². The maximum absolute atomic E-state index is 13.6. The van der Waals surface area contributed by atoms with Gasteiger partial charge in [-0.25, -0.2) is 0 Å². The third-order valence-electron chi connectivity index (χ3n) is 7.70. The number of piperidine rings is 1. The van der Waals surface area contributed by atoms with Crippen LogP contribution < -0.4 is 15.4 Å². The van der Waals surface area contributed by atoms with Gasteiger partial charge in [-0.3, -0.25) is 9.59 Å². The molecule has 0 radical (unpaired) electrons. The zero-order chi connectivity index (χ0) is 26.2. The predicted octanol–water partition coefficient (Wildman–Crippen LogP) is 3.66. The number of allylic oxidation sites excluding steroid dienone is 1. The number of H-pyrrole nitrogens is 1. The van der Waals surface area contributed by atoms with Gasteiger partial charge in [0.1, 0.15) is 5.75 Å². The predicted molar refractivity (Wildman–Crippen MR) is 141 cm³/mol. The molecule has 0 atom stereocenters. The molecule has 0 bridgehead atoms. The average molecular weight is 497 g/mol. The van der Waals surface area contributed by atoms with Gasteiger partial charge in [0.15, 0.2) is 0 Å². The second kappa shape index (κ2) is 9.47. The molecule has 2 aromatic carbocycles. The quantitative estimate of drug-likeness (QED) is 0.463. The fraction of sp³-hybridized carbons (Fsp3) is 0.286. The molecule has 2 saturated heterocycles. The monoisotopic (exact) mass is 496 g/mol. The number of amides is 2. The number of benzene rings is 2. The Morgan fingerprint density at radius 1 is 1.16 bits per heavy atom. The normalized spacial score (nSPS) is 17.3. The van der Waals surface area contributed by atoms with Gasteiger partial charge in [0.05, 0.1) is 29.7 Å². The van der Waals surface area contributed by atoms with E-state index in [2.05, 4.69) is 11.1 Å². The summed E-state index contributed by atoms with van der Waals surface area (Å²) in [5.41, 5.74) is 8.99. The lowest BCUT2D eigenvalue weighted by Gasteiger charge is -2.38. The smallest absolute Gasteiger partial charge is 0.256 e. The summed E-state index contributed by atoms with van der Waals surface area (Å²) >= 11 is 0. The number of nitrogens with zero attached hydrogens (tertiary/aromatic N) is 3. The van der Waals surface area contributed by atoms with Crippen molar-refractivity contribution in [1.29, 1.82) is 10.7 Å². The molecule has 0 aliphatic carbocycles. The molecular weight excluding hydrogens is 468 g/mol. The van der Waals surface area contributed by atoms with Crippen LogP contribution in [0.5, 0.6) is 5.75 Å². The highest BCUT2D eigenvalue weighted by molar-refractivity contribution is 6.10. The second-order valence-corrected chi connectivity index (χ2v) is 9.50. The minimum Gasteiger partial charge on any atom is -0.496 e. The minimum atomic E-state index is -0.492. The van der Waals surface area contributed by atoms with Crippen molar-refractivity contribution in [1.82, 2.24) is 9.88 Å². The van der Waals surface area contributed by atoms with Gasteiger partial charge in [0.2, 0.25) is 5.91 Å². The van der Waals surface area contributed by atoms with E-state index in [-0.39, 0.29) is 11.8 Å². The van der Waals surface area contributed by atoms with Crippen molar-refractivity contribution in [2.75, 3.05) is 31.6 Å². The Kier molecular flexibility index (Phi) is 6.17. The highest BCUT2D eigenvalue weighted by Gasteiger charge is 2.49. The van der Waals surface area contributed by atoms with Crippen molar-refractivity contribution in [2.24, 2.45) is 11.1 Å². The molecule has 3 heterocycles. The van der Waals surface area contributed by atoms with Gasteiger partial charge >= 0.3 is 0 Å². The Labute approximate surface area is 214 Å². The van der Waals surface area contributed by atoms with E-state index in [0.717, 1.165) is 23.0 Å². The van der Waals surface area contributed by atoms with Gasteiger partial charge in [-0.15, -0.1) is 0 Å². The zero-order valence-corrected chi connectivity index (χ0v) is 20.6. The van der Waals surface area contributed by atoms with Crippen LogP contribution in [0.2, 0.25) is 0 Å². The number of carbonyl (C=O) groups is 2. The summed E-state index contributed by atoms with van der Waals surface area (Å²) in [7, 11) is 1.55. The zero-order valence-electron chi connectivity index (χ0n) is 20.6. The first-order valence-electron chi connectivity index (χ1n) is 12.2. The molecule has 9 heteroatoms. The Balaban J connectivity index is 1.31. The molecule has 0 unspecified atom stereocenters. The fourth-order valence-corrected chi connectivity index (χ4v) is 5.51. The summed E-state index contributed by atoms with van der Waals surface area (Å²) in [5.74, 6) is 0.528. The molecule has 1 aromatic heterocycles. The van der Waals surface area contributed by atoms with E-state index in [1.165, 1.54) is 12.4 Å². The number of aromatic nitrogens is 1. The summed E-state index contributed by atoms with van der Waals surface area (Å²) < 4.78 is 5.52. The van der Waals surface area contributed by atoms with Gasteiger partial charge in [-0.05, 0) is 49.6 Å². The summed E-state index contributed by atoms with van der Waals surface area (Å²) in [6.07, 6.45) is 6.15. The van der Waals surface area contributed by atoms with Crippen LogP contribution in [0.15, 0.2) is 48.8 Å². The van der Waals surface area contributed by atoms with Crippen LogP contribution in [-0.2, 0) is 4.79 Å². The topological polar surface area (TPSA) is 139 Å². The summed E-state index contributed by atoms with van der Waals surface area (Å²) in [4.78, 5) is 33.7. The van der Waals surface area contributed by atoms with E-state index in [9.17, 15) is 14.9 Å². The first kappa shape index (κ1) is 24.1. The van der Waals surface area contributed by atoms with Crippen LogP contribution in [0.1, 0.15) is 40.7 Å². The van der Waals surface area contributed by atoms with Gasteiger partial charge in [0, 0.05) is 72.0 Å². The number of methoxy groups -OCH3 is 1. The molecule has 9 nitrogen and oxygen atoms in total. The van der Waals surface area contributed by atoms with Crippen molar-refractivity contribution in [3.05, 3.63) is 65.5 Å². The van der Waals surface area contributed by atoms with E-state index in [4.69, 9.17) is 15.9 Å². The van der Waals surface area contributed by atoms with E-state index in [1.54, 1.807) is 35.2 Å². The van der Waals surface area contributed by atoms with E-state index in [1.807, 2.05) is 24.3 Å². The van der Waals surface area contributed by atoms with Crippen molar-refractivity contribution in [3.63, 3.8) is 0 Å². The van der Waals surface area contributed by atoms with Crippen molar-refractivity contribution < 1.29 is 14.3 Å². The van der Waals surface area contributed by atoms with Crippen molar-refractivity contribution in [2.45, 2.75) is 19.3 Å². The van der Waals surface area contributed by atoms with Crippen LogP contribution in [0.3, 0.4) is 0 Å². The standard InChI is InChI=1S/C28H28N6O3/c1-37-25-13-20(3-4-21(25)19(15-30)16-31)34-11-8-28(27(34)36)6-9-33(10-7-28)26(35)23-17-32-24-5-2-18(14-29)12-22(23)24/h2-5,12-13,15-17,30,32H,6-11,31H2,1H3/b19-16+,30-15?. The summed E-state index contributed by atoms with van der Waals surface area (Å²) in [6.45, 7) is 1.59.